The third-order valence-corrected chi connectivity index (χ3v) is 3.95. The van der Waals surface area contributed by atoms with Crippen molar-refractivity contribution in [2.24, 2.45) is 5.73 Å². The fourth-order valence-corrected chi connectivity index (χ4v) is 2.84. The van der Waals surface area contributed by atoms with Crippen LogP contribution in [0.1, 0.15) is 19.8 Å². The van der Waals surface area contributed by atoms with Gasteiger partial charge >= 0.3 is 0 Å². The van der Waals surface area contributed by atoms with Gasteiger partial charge in [0.15, 0.2) is 0 Å². The van der Waals surface area contributed by atoms with Gasteiger partial charge < -0.3 is 15.8 Å². The quantitative estimate of drug-likeness (QED) is 0.820. The fourth-order valence-electron chi connectivity index (χ4n) is 2.13. The summed E-state index contributed by atoms with van der Waals surface area (Å²) in [5, 5.41) is 2.91. The average molecular weight is 317 g/mol. The molecule has 4 nitrogen and oxygen atoms in total. The smallest absolute Gasteiger partial charge is 0.253 e. The van der Waals surface area contributed by atoms with Gasteiger partial charge in [0, 0.05) is 17.1 Å². The molecule has 1 heterocycles. The van der Waals surface area contributed by atoms with E-state index in [9.17, 15) is 4.79 Å². The number of ether oxygens (including phenoxy) is 1. The number of halogens is 1. The van der Waals surface area contributed by atoms with E-state index in [1.807, 2.05) is 24.3 Å². The number of thioether (sulfide) groups is 1. The molecule has 0 spiro atoms. The van der Waals surface area contributed by atoms with E-state index in [2.05, 4.69) is 12.2 Å². The summed E-state index contributed by atoms with van der Waals surface area (Å²) >= 11 is 1.75. The maximum atomic E-state index is 12.1. The average Bonchev–Trinajstić information content (AvgIpc) is 2.88. The molecule has 1 aliphatic heterocycles. The van der Waals surface area contributed by atoms with Crippen molar-refractivity contribution in [1.82, 2.24) is 0 Å². The van der Waals surface area contributed by atoms with Crippen molar-refractivity contribution in [3.8, 4) is 0 Å². The molecule has 0 radical (unpaired) electrons. The first kappa shape index (κ1) is 17.3. The van der Waals surface area contributed by atoms with E-state index < -0.39 is 0 Å². The lowest BCUT2D eigenvalue weighted by Gasteiger charge is -2.13. The van der Waals surface area contributed by atoms with Gasteiger partial charge in [-0.1, -0.05) is 13.0 Å². The van der Waals surface area contributed by atoms with E-state index >= 15 is 0 Å². The Kier molecular flexibility index (Phi) is 7.37. The number of nitrogens with two attached hydrogens (primary N) is 1. The standard InChI is InChI=1S/C14H20N2O2S.ClH/c1-2-19-12-5-3-4-10(8-12)16-14(17)13-7-6-11(9-15)18-13;/h3-5,8,11,13H,2,6-7,9,15H2,1H3,(H,16,17);1H/t11-,13+;/m1./s1. The third kappa shape index (κ3) is 4.66. The van der Waals surface area contributed by atoms with Crippen molar-refractivity contribution in [2.75, 3.05) is 17.6 Å². The molecule has 0 saturated carbocycles. The number of rotatable bonds is 5. The van der Waals surface area contributed by atoms with Crippen LogP contribution in [0.25, 0.3) is 0 Å². The summed E-state index contributed by atoms with van der Waals surface area (Å²) < 4.78 is 5.58. The number of carbonyl (C=O) groups is 1. The van der Waals surface area contributed by atoms with Gasteiger partial charge in [0.2, 0.25) is 0 Å². The van der Waals surface area contributed by atoms with Gasteiger partial charge in [0.25, 0.3) is 5.91 Å². The van der Waals surface area contributed by atoms with Gasteiger partial charge in [0.1, 0.15) is 6.10 Å². The first-order valence-electron chi connectivity index (χ1n) is 6.62. The molecule has 112 valence electrons. The number of anilines is 1. The molecular weight excluding hydrogens is 296 g/mol. The Bertz CT molecular complexity index is 445. The van der Waals surface area contributed by atoms with Gasteiger partial charge in [-0.15, -0.1) is 24.2 Å². The van der Waals surface area contributed by atoms with Crippen LogP contribution in [0.2, 0.25) is 0 Å². The Morgan fingerprint density at radius 3 is 2.95 bits per heavy atom. The van der Waals surface area contributed by atoms with E-state index in [0.717, 1.165) is 29.2 Å². The normalized spacial score (nSPS) is 21.3. The minimum atomic E-state index is -0.365. The van der Waals surface area contributed by atoms with Crippen LogP contribution in [0.4, 0.5) is 5.69 Å². The van der Waals surface area contributed by atoms with E-state index in [4.69, 9.17) is 10.5 Å². The molecule has 2 atom stereocenters. The molecule has 1 aliphatic rings. The molecule has 1 aromatic carbocycles. The molecule has 0 unspecified atom stereocenters. The SMILES string of the molecule is CCSc1cccc(NC(=O)[C@@H]2CC[C@H](CN)O2)c1.Cl. The van der Waals surface area contributed by atoms with Gasteiger partial charge in [-0.25, -0.2) is 0 Å². The molecule has 0 bridgehead atoms. The maximum absolute atomic E-state index is 12.1. The van der Waals surface area contributed by atoms with E-state index in [-0.39, 0.29) is 30.5 Å². The van der Waals surface area contributed by atoms with Crippen LogP contribution in [-0.4, -0.2) is 30.4 Å². The fraction of sp³-hybridized carbons (Fsp3) is 0.500. The zero-order valence-electron chi connectivity index (χ0n) is 11.5. The summed E-state index contributed by atoms with van der Waals surface area (Å²) in [6, 6.07) is 7.88. The van der Waals surface area contributed by atoms with E-state index in [1.165, 1.54) is 0 Å². The van der Waals surface area contributed by atoms with Crippen LogP contribution in [-0.2, 0) is 9.53 Å². The van der Waals surface area contributed by atoms with Crippen molar-refractivity contribution >= 4 is 35.8 Å². The number of carbonyl (C=O) groups excluding carboxylic acids is 1. The summed E-state index contributed by atoms with van der Waals surface area (Å²) in [6.45, 7) is 2.58. The lowest BCUT2D eigenvalue weighted by Crippen LogP contribution is -2.29. The second kappa shape index (κ2) is 8.52. The molecule has 6 heteroatoms. The molecule has 0 aromatic heterocycles. The lowest BCUT2D eigenvalue weighted by molar-refractivity contribution is -0.126. The summed E-state index contributed by atoms with van der Waals surface area (Å²) in [7, 11) is 0. The number of benzene rings is 1. The van der Waals surface area contributed by atoms with Crippen LogP contribution in [0.3, 0.4) is 0 Å². The highest BCUT2D eigenvalue weighted by molar-refractivity contribution is 7.99. The molecule has 1 amide bonds. The highest BCUT2D eigenvalue weighted by Crippen LogP contribution is 2.23. The first-order valence-corrected chi connectivity index (χ1v) is 7.60. The second-order valence-electron chi connectivity index (χ2n) is 4.51. The molecule has 20 heavy (non-hydrogen) atoms. The van der Waals surface area contributed by atoms with Crippen molar-refractivity contribution in [2.45, 2.75) is 36.9 Å². The monoisotopic (exact) mass is 316 g/mol. The zero-order valence-corrected chi connectivity index (χ0v) is 13.1. The molecule has 0 aliphatic carbocycles. The number of hydrogen-bond donors (Lipinski definition) is 2. The summed E-state index contributed by atoms with van der Waals surface area (Å²) in [6.07, 6.45) is 1.27. The number of amides is 1. The van der Waals surface area contributed by atoms with Crippen molar-refractivity contribution < 1.29 is 9.53 Å². The molecular formula is C14H21ClN2O2S. The molecule has 1 saturated heterocycles. The van der Waals surface area contributed by atoms with Crippen LogP contribution in [0.15, 0.2) is 29.2 Å². The van der Waals surface area contributed by atoms with E-state index in [0.29, 0.717) is 6.54 Å². The Labute approximate surface area is 130 Å². The second-order valence-corrected chi connectivity index (χ2v) is 5.85. The summed E-state index contributed by atoms with van der Waals surface area (Å²) in [4.78, 5) is 13.2. The van der Waals surface area contributed by atoms with Crippen molar-refractivity contribution in [3.05, 3.63) is 24.3 Å². The Hall–Kier alpha value is -0.750. The summed E-state index contributed by atoms with van der Waals surface area (Å²) in [5.74, 6) is 0.941. The molecule has 1 fully saturated rings. The van der Waals surface area contributed by atoms with Gasteiger partial charge in [-0.3, -0.25) is 4.79 Å². The predicted octanol–water partition coefficient (Wildman–Crippen LogP) is 2.67. The van der Waals surface area contributed by atoms with E-state index in [1.54, 1.807) is 11.8 Å². The van der Waals surface area contributed by atoms with Crippen LogP contribution >= 0.6 is 24.2 Å². The largest absolute Gasteiger partial charge is 0.364 e. The van der Waals surface area contributed by atoms with Crippen LogP contribution < -0.4 is 11.1 Å². The highest BCUT2D eigenvalue weighted by Gasteiger charge is 2.29. The summed E-state index contributed by atoms with van der Waals surface area (Å²) in [5.41, 5.74) is 6.36. The van der Waals surface area contributed by atoms with Gasteiger partial charge in [0.05, 0.1) is 6.10 Å². The van der Waals surface area contributed by atoms with Crippen molar-refractivity contribution in [3.63, 3.8) is 0 Å². The topological polar surface area (TPSA) is 64.4 Å². The van der Waals surface area contributed by atoms with Gasteiger partial charge in [-0.05, 0) is 36.8 Å². The first-order chi connectivity index (χ1) is 9.22. The highest BCUT2D eigenvalue weighted by atomic mass is 35.5. The minimum absolute atomic E-state index is 0. The molecule has 1 aromatic rings. The van der Waals surface area contributed by atoms with Crippen LogP contribution in [0, 0.1) is 0 Å². The number of nitrogens with one attached hydrogen (secondary N) is 1. The molecule has 3 N–H and O–H groups in total. The van der Waals surface area contributed by atoms with Crippen molar-refractivity contribution in [1.29, 1.82) is 0 Å². The zero-order chi connectivity index (χ0) is 13.7. The lowest BCUT2D eigenvalue weighted by atomic mass is 10.2. The Morgan fingerprint density at radius 1 is 1.50 bits per heavy atom. The predicted molar refractivity (Wildman–Crippen MR) is 85.7 cm³/mol. The maximum Gasteiger partial charge on any atom is 0.253 e. The Balaban J connectivity index is 0.00000200. The van der Waals surface area contributed by atoms with Crippen LogP contribution in [0.5, 0.6) is 0 Å². The minimum Gasteiger partial charge on any atom is -0.364 e. The number of hydrogen-bond acceptors (Lipinski definition) is 4. The molecule has 2 rings (SSSR count). The Morgan fingerprint density at radius 2 is 2.30 bits per heavy atom. The van der Waals surface area contributed by atoms with Gasteiger partial charge in [-0.2, -0.15) is 0 Å². The third-order valence-electron chi connectivity index (χ3n) is 3.08.